The summed E-state index contributed by atoms with van der Waals surface area (Å²) in [7, 11) is 0. The Kier molecular flexibility index (Phi) is 2.01. The van der Waals surface area contributed by atoms with Crippen LogP contribution in [-0.4, -0.2) is 29.5 Å². The van der Waals surface area contributed by atoms with Gasteiger partial charge in [0.15, 0.2) is 22.9 Å². The van der Waals surface area contributed by atoms with E-state index in [1.807, 2.05) is 12.1 Å². The summed E-state index contributed by atoms with van der Waals surface area (Å²) >= 11 is 0. The Morgan fingerprint density at radius 2 is 2.00 bits per heavy atom. The molecule has 0 fully saturated rings. The van der Waals surface area contributed by atoms with E-state index in [0.29, 0.717) is 17.0 Å². The molecule has 0 atom stereocenters. The zero-order valence-corrected chi connectivity index (χ0v) is 8.86. The van der Waals surface area contributed by atoms with Crippen LogP contribution in [0.25, 0.3) is 17.0 Å². The quantitative estimate of drug-likeness (QED) is 0.647. The van der Waals surface area contributed by atoms with E-state index in [0.717, 1.165) is 0 Å². The first kappa shape index (κ1) is 9.93. The Balaban J connectivity index is 2.34. The maximum Gasteiger partial charge on any atom is 0.182 e. The highest BCUT2D eigenvalue weighted by molar-refractivity contribution is 5.77. The molecule has 8 nitrogen and oxygen atoms in total. The summed E-state index contributed by atoms with van der Waals surface area (Å²) in [5, 5.41) is 17.9. The summed E-state index contributed by atoms with van der Waals surface area (Å²) in [6.07, 6.45) is 4.20. The van der Waals surface area contributed by atoms with Gasteiger partial charge >= 0.3 is 0 Å². The molecule has 0 radical (unpaired) electrons. The largest absolute Gasteiger partial charge is 0.340 e. The number of nitrogens with one attached hydrogen (secondary N) is 1. The Morgan fingerprint density at radius 1 is 1.11 bits per heavy atom. The molecule has 0 amide bonds. The van der Waals surface area contributed by atoms with E-state index in [9.17, 15) is 0 Å². The van der Waals surface area contributed by atoms with Gasteiger partial charge in [0.05, 0.1) is 6.33 Å². The van der Waals surface area contributed by atoms with Gasteiger partial charge in [-0.05, 0) is 0 Å². The molecule has 0 aliphatic heterocycles. The molecule has 0 bridgehead atoms. The van der Waals surface area contributed by atoms with Crippen LogP contribution < -0.4 is 0 Å². The number of H-pyrrole nitrogens is 1. The summed E-state index contributed by atoms with van der Waals surface area (Å²) in [6.45, 7) is 0. The summed E-state index contributed by atoms with van der Waals surface area (Å²) in [5.74, 6) is 0.433. The normalized spacial score (nSPS) is 10.1. The number of fused-ring (bicyclic) bond motifs is 1. The van der Waals surface area contributed by atoms with Crippen LogP contribution in [0.2, 0.25) is 0 Å². The molecule has 8 heteroatoms. The van der Waals surface area contributed by atoms with Crippen molar-refractivity contribution >= 4 is 11.2 Å². The lowest BCUT2D eigenvalue weighted by Gasteiger charge is -2.02. The third kappa shape index (κ3) is 1.23. The molecule has 0 aliphatic rings. The monoisotopic (exact) mass is 236 g/mol. The number of hydrogen-bond donors (Lipinski definition) is 1. The van der Waals surface area contributed by atoms with E-state index < -0.39 is 0 Å². The minimum absolute atomic E-state index is 0.0591. The fourth-order valence-electron chi connectivity index (χ4n) is 1.63. The molecular weight excluding hydrogens is 232 g/mol. The average molecular weight is 236 g/mol. The van der Waals surface area contributed by atoms with E-state index in [1.165, 1.54) is 23.5 Å². The molecule has 0 saturated heterocycles. The van der Waals surface area contributed by atoms with Gasteiger partial charge in [-0.1, -0.05) is 0 Å². The topological polar surface area (TPSA) is 120 Å². The highest BCUT2D eigenvalue weighted by atomic mass is 15.2. The predicted octanol–water partition coefficient (Wildman–Crippen LogP) is 0.282. The number of nitrogens with zero attached hydrogens (tertiary/aromatic N) is 7. The number of aromatic nitrogens is 6. The van der Waals surface area contributed by atoms with Gasteiger partial charge in [-0.2, -0.15) is 10.5 Å². The van der Waals surface area contributed by atoms with Gasteiger partial charge in [0.1, 0.15) is 30.3 Å². The van der Waals surface area contributed by atoms with Gasteiger partial charge in [-0.25, -0.2) is 19.9 Å². The minimum atomic E-state index is 0.0591. The third-order valence-corrected chi connectivity index (χ3v) is 2.41. The summed E-state index contributed by atoms with van der Waals surface area (Å²) in [6, 6.07) is 3.79. The van der Waals surface area contributed by atoms with Crippen LogP contribution in [0.1, 0.15) is 11.4 Å². The molecule has 0 aliphatic carbocycles. The van der Waals surface area contributed by atoms with Crippen molar-refractivity contribution < 1.29 is 0 Å². The van der Waals surface area contributed by atoms with Gasteiger partial charge in [0.25, 0.3) is 0 Å². The molecular formula is C10H4N8. The van der Waals surface area contributed by atoms with E-state index in [-0.39, 0.29) is 11.4 Å². The first-order chi connectivity index (χ1) is 8.85. The van der Waals surface area contributed by atoms with Gasteiger partial charge in [-0.15, -0.1) is 0 Å². The van der Waals surface area contributed by atoms with E-state index in [4.69, 9.17) is 10.5 Å². The minimum Gasteiger partial charge on any atom is -0.340 e. The van der Waals surface area contributed by atoms with Crippen molar-refractivity contribution in [3.05, 3.63) is 30.4 Å². The zero-order chi connectivity index (χ0) is 12.5. The maximum absolute atomic E-state index is 9.07. The number of aromatic amines is 1. The summed E-state index contributed by atoms with van der Waals surface area (Å²) in [4.78, 5) is 18.8. The Bertz CT molecular complexity index is 812. The molecule has 18 heavy (non-hydrogen) atoms. The lowest BCUT2D eigenvalue weighted by atomic mass is 10.3. The lowest BCUT2D eigenvalue weighted by molar-refractivity contribution is 0.972. The molecule has 3 heterocycles. The summed E-state index contributed by atoms with van der Waals surface area (Å²) in [5.41, 5.74) is 1.25. The van der Waals surface area contributed by atoms with Gasteiger partial charge < -0.3 is 4.98 Å². The Hall–Kier alpha value is -3.26. The van der Waals surface area contributed by atoms with Crippen molar-refractivity contribution in [2.75, 3.05) is 0 Å². The van der Waals surface area contributed by atoms with Crippen molar-refractivity contribution in [3.63, 3.8) is 0 Å². The second kappa shape index (κ2) is 3.64. The molecule has 3 aromatic rings. The second-order valence-electron chi connectivity index (χ2n) is 3.33. The predicted molar refractivity (Wildman–Crippen MR) is 58.2 cm³/mol. The van der Waals surface area contributed by atoms with Crippen molar-refractivity contribution in [1.82, 2.24) is 29.5 Å². The number of nitriles is 2. The van der Waals surface area contributed by atoms with Gasteiger partial charge in [0.2, 0.25) is 0 Å². The van der Waals surface area contributed by atoms with Crippen molar-refractivity contribution in [1.29, 1.82) is 10.5 Å². The maximum atomic E-state index is 9.07. The van der Waals surface area contributed by atoms with Gasteiger partial charge in [-0.3, -0.25) is 4.57 Å². The van der Waals surface area contributed by atoms with Crippen LogP contribution in [0.4, 0.5) is 0 Å². The number of rotatable bonds is 1. The Morgan fingerprint density at radius 3 is 2.78 bits per heavy atom. The number of hydrogen-bond acceptors (Lipinski definition) is 6. The van der Waals surface area contributed by atoms with Crippen LogP contribution in [0.5, 0.6) is 0 Å². The standard InChI is InChI=1S/C10H4N8/c11-1-6-7(2-12)18(5-17-6)10-8-9(14-3-13-8)15-4-16-10/h3-5H,(H,13,14,15,16). The highest BCUT2D eigenvalue weighted by Gasteiger charge is 2.15. The highest BCUT2D eigenvalue weighted by Crippen LogP contribution is 2.17. The molecule has 1 N–H and O–H groups in total. The molecule has 84 valence electrons. The average Bonchev–Trinajstić information content (AvgIpc) is 3.03. The smallest absolute Gasteiger partial charge is 0.182 e. The molecule has 0 aromatic carbocycles. The Labute approximate surface area is 100 Å². The molecule has 3 aromatic heterocycles. The fraction of sp³-hybridized carbons (Fsp3) is 0. The fourth-order valence-corrected chi connectivity index (χ4v) is 1.63. The van der Waals surface area contributed by atoms with Crippen molar-refractivity contribution in [2.45, 2.75) is 0 Å². The van der Waals surface area contributed by atoms with E-state index in [2.05, 4.69) is 24.9 Å². The van der Waals surface area contributed by atoms with Crippen LogP contribution in [0.15, 0.2) is 19.0 Å². The molecule has 0 spiro atoms. The molecule has 0 unspecified atom stereocenters. The summed E-state index contributed by atoms with van der Waals surface area (Å²) < 4.78 is 1.43. The molecule has 0 saturated carbocycles. The zero-order valence-electron chi connectivity index (χ0n) is 8.86. The van der Waals surface area contributed by atoms with E-state index in [1.54, 1.807) is 0 Å². The van der Waals surface area contributed by atoms with Crippen LogP contribution in [0.3, 0.4) is 0 Å². The first-order valence-corrected chi connectivity index (χ1v) is 4.87. The van der Waals surface area contributed by atoms with Crippen LogP contribution >= 0.6 is 0 Å². The lowest BCUT2D eigenvalue weighted by Crippen LogP contribution is -2.01. The molecule has 3 rings (SSSR count). The van der Waals surface area contributed by atoms with Crippen LogP contribution in [0, 0.1) is 22.7 Å². The van der Waals surface area contributed by atoms with Crippen molar-refractivity contribution in [2.24, 2.45) is 0 Å². The third-order valence-electron chi connectivity index (χ3n) is 2.41. The van der Waals surface area contributed by atoms with Crippen LogP contribution in [-0.2, 0) is 0 Å². The second-order valence-corrected chi connectivity index (χ2v) is 3.33. The van der Waals surface area contributed by atoms with Crippen molar-refractivity contribution in [3.8, 4) is 18.0 Å². The first-order valence-electron chi connectivity index (χ1n) is 4.87. The van der Waals surface area contributed by atoms with E-state index >= 15 is 0 Å². The van der Waals surface area contributed by atoms with Gasteiger partial charge in [0, 0.05) is 0 Å². The SMILES string of the molecule is N#Cc1ncn(-c2ncnc3nc[nH]c23)c1C#N. The number of imidazole rings is 2.